The highest BCUT2D eigenvalue weighted by Gasteiger charge is 2.37. The van der Waals surface area contributed by atoms with Crippen molar-refractivity contribution < 1.29 is 21.6 Å². The van der Waals surface area contributed by atoms with E-state index in [0.717, 1.165) is 4.57 Å². The smallest absolute Gasteiger partial charge is 0.316 e. The van der Waals surface area contributed by atoms with Crippen molar-refractivity contribution in [1.82, 2.24) is 9.55 Å². The molecule has 4 nitrogen and oxygen atoms in total. The molecule has 144 valence electrons. The number of hydrogen-bond donors (Lipinski definition) is 0. The molecule has 3 rings (SSSR count). The van der Waals surface area contributed by atoms with Gasteiger partial charge < -0.3 is 4.57 Å². The van der Waals surface area contributed by atoms with Crippen LogP contribution in [0.25, 0.3) is 11.0 Å². The van der Waals surface area contributed by atoms with Crippen LogP contribution >= 0.6 is 11.6 Å². The average molecular weight is 417 g/mol. The van der Waals surface area contributed by atoms with Gasteiger partial charge in [-0.15, -0.1) is 0 Å². The highest BCUT2D eigenvalue weighted by Crippen LogP contribution is 2.33. The van der Waals surface area contributed by atoms with Crippen LogP contribution in [0.2, 0.25) is 5.02 Å². The molecular weight excluding hydrogens is 401 g/mol. The minimum atomic E-state index is -4.67. The van der Waals surface area contributed by atoms with E-state index in [2.05, 4.69) is 4.98 Å². The number of imidazole rings is 1. The summed E-state index contributed by atoms with van der Waals surface area (Å²) in [6.07, 6.45) is -4.26. The lowest BCUT2D eigenvalue weighted by Crippen LogP contribution is -2.15. The van der Waals surface area contributed by atoms with Gasteiger partial charge in [-0.25, -0.2) is 13.4 Å². The molecule has 0 fully saturated rings. The van der Waals surface area contributed by atoms with E-state index in [1.54, 1.807) is 31.2 Å². The summed E-state index contributed by atoms with van der Waals surface area (Å²) in [7, 11) is -3.55. The van der Waals surface area contributed by atoms with Crippen LogP contribution in [0, 0.1) is 0 Å². The maximum Gasteiger partial charge on any atom is 0.449 e. The van der Waals surface area contributed by atoms with Crippen LogP contribution in [0.3, 0.4) is 0 Å². The third kappa shape index (κ3) is 4.11. The number of nitrogens with zero attached hydrogens (tertiary/aromatic N) is 2. The maximum absolute atomic E-state index is 13.5. The fourth-order valence-corrected chi connectivity index (χ4v) is 4.30. The topological polar surface area (TPSA) is 52.0 Å². The normalized spacial score (nSPS) is 12.6. The van der Waals surface area contributed by atoms with Crippen LogP contribution in [-0.4, -0.2) is 23.7 Å². The van der Waals surface area contributed by atoms with Gasteiger partial charge in [0.25, 0.3) is 0 Å². The molecule has 1 aromatic heterocycles. The fourth-order valence-electron chi connectivity index (χ4n) is 2.84. The molecule has 27 heavy (non-hydrogen) atoms. The van der Waals surface area contributed by atoms with Crippen molar-refractivity contribution in [3.05, 3.63) is 58.9 Å². The third-order valence-corrected chi connectivity index (χ3v) is 6.23. The van der Waals surface area contributed by atoms with Gasteiger partial charge in [0.05, 0.1) is 21.7 Å². The van der Waals surface area contributed by atoms with E-state index in [0.29, 0.717) is 17.0 Å². The number of hydrogen-bond acceptors (Lipinski definition) is 3. The Morgan fingerprint density at radius 3 is 2.37 bits per heavy atom. The van der Waals surface area contributed by atoms with Gasteiger partial charge in [0.2, 0.25) is 5.82 Å². The summed E-state index contributed by atoms with van der Waals surface area (Å²) in [6.45, 7) is 1.66. The second kappa shape index (κ2) is 7.16. The number of aromatic nitrogens is 2. The van der Waals surface area contributed by atoms with Gasteiger partial charge in [-0.05, 0) is 42.3 Å². The zero-order chi connectivity index (χ0) is 19.8. The SMILES string of the molecule is CCCS(=O)(=O)c1ccc2c(c1)nc(C(F)(F)F)n2Cc1ccc(Cl)cc1. The van der Waals surface area contributed by atoms with Crippen molar-refractivity contribution in [2.24, 2.45) is 0 Å². The molecule has 0 aliphatic carbocycles. The molecule has 3 aromatic rings. The summed E-state index contributed by atoms with van der Waals surface area (Å²) < 4.78 is 65.9. The minimum Gasteiger partial charge on any atom is -0.316 e. The van der Waals surface area contributed by atoms with Crippen LogP contribution in [-0.2, 0) is 22.6 Å². The van der Waals surface area contributed by atoms with E-state index < -0.39 is 21.8 Å². The summed E-state index contributed by atoms with van der Waals surface area (Å²) in [5.74, 6) is -1.15. The highest BCUT2D eigenvalue weighted by atomic mass is 35.5. The summed E-state index contributed by atoms with van der Waals surface area (Å²) in [6, 6.07) is 10.4. The molecule has 0 amide bonds. The first-order valence-electron chi connectivity index (χ1n) is 8.16. The van der Waals surface area contributed by atoms with Gasteiger partial charge in [0.15, 0.2) is 9.84 Å². The Bertz CT molecular complexity index is 1070. The number of alkyl halides is 3. The fraction of sp³-hybridized carbons (Fsp3) is 0.278. The van der Waals surface area contributed by atoms with Crippen molar-refractivity contribution in [2.45, 2.75) is 31.0 Å². The predicted molar refractivity (Wildman–Crippen MR) is 97.6 cm³/mol. The Labute approximate surface area is 159 Å². The highest BCUT2D eigenvalue weighted by molar-refractivity contribution is 7.91. The average Bonchev–Trinajstić information content (AvgIpc) is 2.95. The van der Waals surface area contributed by atoms with Gasteiger partial charge in [0, 0.05) is 11.6 Å². The van der Waals surface area contributed by atoms with Gasteiger partial charge in [-0.3, -0.25) is 0 Å². The largest absolute Gasteiger partial charge is 0.449 e. The van der Waals surface area contributed by atoms with Gasteiger partial charge in [-0.1, -0.05) is 30.7 Å². The molecule has 0 unspecified atom stereocenters. The molecule has 0 saturated heterocycles. The van der Waals surface area contributed by atoms with E-state index in [9.17, 15) is 21.6 Å². The summed E-state index contributed by atoms with van der Waals surface area (Å²) in [5, 5.41) is 0.482. The van der Waals surface area contributed by atoms with Crippen molar-refractivity contribution in [3.63, 3.8) is 0 Å². The molecule has 9 heteroatoms. The van der Waals surface area contributed by atoms with E-state index in [-0.39, 0.29) is 28.2 Å². The Morgan fingerprint density at radius 2 is 1.78 bits per heavy atom. The van der Waals surface area contributed by atoms with Gasteiger partial charge in [0.1, 0.15) is 0 Å². The van der Waals surface area contributed by atoms with Crippen LogP contribution in [0.1, 0.15) is 24.7 Å². The minimum absolute atomic E-state index is 0.00605. The lowest BCUT2D eigenvalue weighted by Gasteiger charge is -2.12. The molecule has 0 bridgehead atoms. The van der Waals surface area contributed by atoms with Crippen LogP contribution < -0.4 is 0 Å². The summed E-state index contributed by atoms with van der Waals surface area (Å²) in [5.41, 5.74) is 0.827. The Kier molecular flexibility index (Phi) is 5.22. The van der Waals surface area contributed by atoms with Crippen LogP contribution in [0.5, 0.6) is 0 Å². The van der Waals surface area contributed by atoms with Crippen LogP contribution in [0.15, 0.2) is 47.4 Å². The first-order chi connectivity index (χ1) is 12.6. The molecule has 0 spiro atoms. The molecular formula is C18H16ClF3N2O2S. The zero-order valence-corrected chi connectivity index (χ0v) is 15.9. The Morgan fingerprint density at radius 1 is 1.11 bits per heavy atom. The van der Waals surface area contributed by atoms with Crippen molar-refractivity contribution in [3.8, 4) is 0 Å². The Hall–Kier alpha value is -2.06. The van der Waals surface area contributed by atoms with Gasteiger partial charge in [-0.2, -0.15) is 13.2 Å². The van der Waals surface area contributed by atoms with Crippen molar-refractivity contribution in [1.29, 1.82) is 0 Å². The number of fused-ring (bicyclic) bond motifs is 1. The maximum atomic E-state index is 13.5. The van der Waals surface area contributed by atoms with Crippen molar-refractivity contribution >= 4 is 32.5 Å². The number of rotatable bonds is 5. The third-order valence-electron chi connectivity index (χ3n) is 4.06. The molecule has 0 saturated carbocycles. The van der Waals surface area contributed by atoms with Gasteiger partial charge >= 0.3 is 6.18 Å². The van der Waals surface area contributed by atoms with E-state index in [1.807, 2.05) is 0 Å². The van der Waals surface area contributed by atoms with E-state index in [1.165, 1.54) is 18.2 Å². The lowest BCUT2D eigenvalue weighted by atomic mass is 10.2. The summed E-state index contributed by atoms with van der Waals surface area (Å²) in [4.78, 5) is 3.65. The monoisotopic (exact) mass is 416 g/mol. The first kappa shape index (κ1) is 19.7. The number of benzene rings is 2. The summed E-state index contributed by atoms with van der Waals surface area (Å²) >= 11 is 5.82. The molecule has 0 aliphatic rings. The van der Waals surface area contributed by atoms with Crippen molar-refractivity contribution in [2.75, 3.05) is 5.75 Å². The standard InChI is InChI=1S/C18H16ClF3N2O2S/c1-2-9-27(25,26)14-7-8-16-15(10-14)23-17(18(20,21)22)24(16)11-12-3-5-13(19)6-4-12/h3-8,10H,2,9,11H2,1H3. The molecule has 0 aliphatic heterocycles. The van der Waals surface area contributed by atoms with Crippen LogP contribution in [0.4, 0.5) is 13.2 Å². The lowest BCUT2D eigenvalue weighted by molar-refractivity contribution is -0.146. The molecule has 0 radical (unpaired) electrons. The number of sulfone groups is 1. The molecule has 1 heterocycles. The predicted octanol–water partition coefficient (Wildman–Crippen LogP) is 4.94. The second-order valence-corrected chi connectivity index (χ2v) is 8.66. The van der Waals surface area contributed by atoms with E-state index in [4.69, 9.17) is 11.6 Å². The number of halogens is 4. The quantitative estimate of drug-likeness (QED) is 0.592. The zero-order valence-electron chi connectivity index (χ0n) is 14.3. The Balaban J connectivity index is 2.14. The molecule has 0 N–H and O–H groups in total. The molecule has 2 aromatic carbocycles. The molecule has 0 atom stereocenters. The second-order valence-electron chi connectivity index (χ2n) is 6.12. The first-order valence-corrected chi connectivity index (χ1v) is 10.2. The van der Waals surface area contributed by atoms with E-state index >= 15 is 0 Å².